The fourth-order valence-electron chi connectivity index (χ4n) is 2.08. The van der Waals surface area contributed by atoms with Crippen LogP contribution in [0.2, 0.25) is 0 Å². The molecule has 0 aliphatic rings. The first kappa shape index (κ1) is 17.2. The normalized spacial score (nSPS) is 11.4. The molecule has 0 aromatic heterocycles. The highest BCUT2D eigenvalue weighted by Crippen LogP contribution is 2.18. The molecular weight excluding hydrogens is 312 g/mol. The van der Waals surface area contributed by atoms with E-state index in [1.54, 1.807) is 42.5 Å². The Balaban J connectivity index is 1.95. The zero-order valence-electron chi connectivity index (χ0n) is 13.2. The molecule has 2 aromatic rings. The lowest BCUT2D eigenvalue weighted by Crippen LogP contribution is -2.15. The summed E-state index contributed by atoms with van der Waals surface area (Å²) in [5, 5.41) is 0. The lowest BCUT2D eigenvalue weighted by molar-refractivity contribution is 0.0529. The summed E-state index contributed by atoms with van der Waals surface area (Å²) in [5.41, 5.74) is 1.49. The number of rotatable bonds is 6. The molecule has 0 heterocycles. The monoisotopic (exact) mass is 332 g/mol. The van der Waals surface area contributed by atoms with E-state index in [-0.39, 0.29) is 17.3 Å². The van der Waals surface area contributed by atoms with Crippen LogP contribution in [0.5, 0.6) is 0 Å². The van der Waals surface area contributed by atoms with Crippen molar-refractivity contribution < 1.29 is 17.9 Å². The second-order valence-corrected chi connectivity index (χ2v) is 7.65. The second kappa shape index (κ2) is 7.42. The molecule has 122 valence electrons. The minimum Gasteiger partial charge on any atom is -0.461 e. The SMILES string of the molecule is CC(C)c1ccc(S(=O)(=O)CCOC(=O)c2ccccc2)cc1. The zero-order valence-corrected chi connectivity index (χ0v) is 14.0. The van der Waals surface area contributed by atoms with Crippen molar-refractivity contribution in [1.82, 2.24) is 0 Å². The summed E-state index contributed by atoms with van der Waals surface area (Å²) < 4.78 is 29.5. The van der Waals surface area contributed by atoms with Crippen LogP contribution in [0.4, 0.5) is 0 Å². The number of esters is 1. The fourth-order valence-corrected chi connectivity index (χ4v) is 3.17. The third-order valence-corrected chi connectivity index (χ3v) is 5.20. The van der Waals surface area contributed by atoms with E-state index in [1.807, 2.05) is 26.0 Å². The molecular formula is C18H20O4S. The highest BCUT2D eigenvalue weighted by Gasteiger charge is 2.16. The Bertz CT molecular complexity index is 747. The van der Waals surface area contributed by atoms with Gasteiger partial charge in [-0.25, -0.2) is 13.2 Å². The highest BCUT2D eigenvalue weighted by molar-refractivity contribution is 7.91. The molecule has 0 amide bonds. The quantitative estimate of drug-likeness (QED) is 0.760. The highest BCUT2D eigenvalue weighted by atomic mass is 32.2. The fraction of sp³-hybridized carbons (Fsp3) is 0.278. The molecule has 0 atom stereocenters. The topological polar surface area (TPSA) is 60.4 Å². The van der Waals surface area contributed by atoms with Gasteiger partial charge >= 0.3 is 5.97 Å². The first-order valence-corrected chi connectivity index (χ1v) is 9.10. The van der Waals surface area contributed by atoms with Crippen LogP contribution >= 0.6 is 0 Å². The largest absolute Gasteiger partial charge is 0.461 e. The van der Waals surface area contributed by atoms with E-state index in [9.17, 15) is 13.2 Å². The van der Waals surface area contributed by atoms with Crippen molar-refractivity contribution in [2.45, 2.75) is 24.7 Å². The molecule has 23 heavy (non-hydrogen) atoms. The Morgan fingerprint density at radius 3 is 2.17 bits per heavy atom. The molecule has 5 heteroatoms. The summed E-state index contributed by atoms with van der Waals surface area (Å²) in [5.74, 6) is -0.401. The van der Waals surface area contributed by atoms with E-state index in [0.29, 0.717) is 11.5 Å². The number of sulfone groups is 1. The van der Waals surface area contributed by atoms with Gasteiger partial charge in [0.25, 0.3) is 0 Å². The molecule has 0 saturated heterocycles. The van der Waals surface area contributed by atoms with Crippen molar-refractivity contribution in [3.05, 3.63) is 65.7 Å². The van der Waals surface area contributed by atoms with Crippen LogP contribution in [0.1, 0.15) is 35.7 Å². The lowest BCUT2D eigenvalue weighted by Gasteiger charge is -2.08. The number of hydrogen-bond acceptors (Lipinski definition) is 4. The Morgan fingerprint density at radius 1 is 1.00 bits per heavy atom. The van der Waals surface area contributed by atoms with E-state index in [2.05, 4.69) is 0 Å². The van der Waals surface area contributed by atoms with Crippen LogP contribution in [0.3, 0.4) is 0 Å². The Labute approximate surface area is 137 Å². The van der Waals surface area contributed by atoms with Gasteiger partial charge in [-0.2, -0.15) is 0 Å². The van der Waals surface area contributed by atoms with Crippen LogP contribution in [-0.4, -0.2) is 26.7 Å². The average molecular weight is 332 g/mol. The van der Waals surface area contributed by atoms with Crippen LogP contribution in [0.15, 0.2) is 59.5 Å². The van der Waals surface area contributed by atoms with E-state index in [4.69, 9.17) is 4.74 Å². The van der Waals surface area contributed by atoms with E-state index >= 15 is 0 Å². The van der Waals surface area contributed by atoms with Crippen molar-refractivity contribution in [3.8, 4) is 0 Å². The van der Waals surface area contributed by atoms with Gasteiger partial charge in [-0.15, -0.1) is 0 Å². The number of carbonyl (C=O) groups is 1. The van der Waals surface area contributed by atoms with Crippen molar-refractivity contribution in [2.75, 3.05) is 12.4 Å². The summed E-state index contributed by atoms with van der Waals surface area (Å²) in [7, 11) is -3.46. The molecule has 4 nitrogen and oxygen atoms in total. The molecule has 0 saturated carbocycles. The lowest BCUT2D eigenvalue weighted by atomic mass is 10.0. The van der Waals surface area contributed by atoms with Crippen molar-refractivity contribution in [1.29, 1.82) is 0 Å². The number of benzene rings is 2. The summed E-state index contributed by atoms with van der Waals surface area (Å²) in [6.45, 7) is 3.93. The molecule has 0 bridgehead atoms. The maximum absolute atomic E-state index is 12.2. The molecule has 0 aliphatic carbocycles. The van der Waals surface area contributed by atoms with Crippen molar-refractivity contribution in [2.24, 2.45) is 0 Å². The molecule has 0 radical (unpaired) electrons. The maximum atomic E-state index is 12.2. The van der Waals surface area contributed by atoms with E-state index < -0.39 is 15.8 Å². The predicted molar refractivity (Wildman–Crippen MR) is 89.3 cm³/mol. The maximum Gasteiger partial charge on any atom is 0.338 e. The predicted octanol–water partition coefficient (Wildman–Crippen LogP) is 3.44. The first-order valence-electron chi connectivity index (χ1n) is 7.45. The van der Waals surface area contributed by atoms with Gasteiger partial charge in [0, 0.05) is 0 Å². The number of carbonyl (C=O) groups excluding carboxylic acids is 1. The number of hydrogen-bond donors (Lipinski definition) is 0. The number of ether oxygens (including phenoxy) is 1. The van der Waals surface area contributed by atoms with E-state index in [0.717, 1.165) is 5.56 Å². The van der Waals surface area contributed by atoms with Gasteiger partial charge in [0.2, 0.25) is 0 Å². The summed E-state index contributed by atoms with van der Waals surface area (Å²) >= 11 is 0. The molecule has 0 fully saturated rings. The van der Waals surface area contributed by atoms with Crippen LogP contribution in [0.25, 0.3) is 0 Å². The van der Waals surface area contributed by atoms with Crippen molar-refractivity contribution >= 4 is 15.8 Å². The molecule has 2 aromatic carbocycles. The standard InChI is InChI=1S/C18H20O4S/c1-14(2)15-8-10-17(11-9-15)23(20,21)13-12-22-18(19)16-6-4-3-5-7-16/h3-11,14H,12-13H2,1-2H3. The van der Waals surface area contributed by atoms with Crippen LogP contribution in [-0.2, 0) is 14.6 Å². The summed E-state index contributed by atoms with van der Waals surface area (Å²) in [4.78, 5) is 12.0. The molecule has 0 aliphatic heterocycles. The zero-order chi connectivity index (χ0) is 16.9. The average Bonchev–Trinajstić information content (AvgIpc) is 2.55. The first-order chi connectivity index (χ1) is 10.9. The summed E-state index contributed by atoms with van der Waals surface area (Å²) in [6, 6.07) is 15.3. The van der Waals surface area contributed by atoms with Crippen LogP contribution in [0, 0.1) is 0 Å². The van der Waals surface area contributed by atoms with Gasteiger partial charge in [-0.05, 0) is 35.7 Å². The third-order valence-electron chi connectivity index (χ3n) is 3.50. The summed E-state index contributed by atoms with van der Waals surface area (Å²) in [6.07, 6.45) is 0. The van der Waals surface area contributed by atoms with Gasteiger partial charge in [-0.1, -0.05) is 44.2 Å². The van der Waals surface area contributed by atoms with Gasteiger partial charge in [-0.3, -0.25) is 0 Å². The van der Waals surface area contributed by atoms with Crippen molar-refractivity contribution in [3.63, 3.8) is 0 Å². The van der Waals surface area contributed by atoms with Gasteiger partial charge in [0.05, 0.1) is 16.2 Å². The van der Waals surface area contributed by atoms with E-state index in [1.165, 1.54) is 0 Å². The molecule has 0 N–H and O–H groups in total. The van der Waals surface area contributed by atoms with Gasteiger partial charge in [0.1, 0.15) is 6.61 Å². The third kappa shape index (κ3) is 4.66. The Hall–Kier alpha value is -2.14. The minimum absolute atomic E-state index is 0.165. The van der Waals surface area contributed by atoms with Gasteiger partial charge in [0.15, 0.2) is 9.84 Å². The van der Waals surface area contributed by atoms with Gasteiger partial charge < -0.3 is 4.74 Å². The molecule has 0 unspecified atom stereocenters. The Kier molecular flexibility index (Phi) is 5.55. The van der Waals surface area contributed by atoms with Crippen LogP contribution < -0.4 is 0 Å². The second-order valence-electron chi connectivity index (χ2n) is 5.54. The smallest absolute Gasteiger partial charge is 0.338 e. The minimum atomic E-state index is -3.46. The molecule has 2 rings (SSSR count). The molecule has 0 spiro atoms. The Morgan fingerprint density at radius 2 is 1.61 bits per heavy atom.